The van der Waals surface area contributed by atoms with Crippen molar-refractivity contribution in [2.24, 2.45) is 0 Å². The van der Waals surface area contributed by atoms with Crippen LogP contribution in [0.2, 0.25) is 5.02 Å². The maximum Gasteiger partial charge on any atom is 0.277 e. The fraction of sp³-hybridized carbons (Fsp3) is 0.190. The van der Waals surface area contributed by atoms with Crippen LogP contribution in [0.25, 0.3) is 0 Å². The summed E-state index contributed by atoms with van der Waals surface area (Å²) in [6, 6.07) is 15.1. The van der Waals surface area contributed by atoms with Crippen molar-refractivity contribution in [1.29, 1.82) is 0 Å². The highest BCUT2D eigenvalue weighted by molar-refractivity contribution is 7.98. The number of hydrogen-bond acceptors (Lipinski definition) is 8. The van der Waals surface area contributed by atoms with Crippen LogP contribution in [-0.2, 0) is 19.0 Å². The molecule has 0 spiro atoms. The predicted octanol–water partition coefficient (Wildman–Crippen LogP) is 5.94. The Hall–Kier alpha value is -2.55. The van der Waals surface area contributed by atoms with Gasteiger partial charge in [0.2, 0.25) is 0 Å². The number of hydrogen-bond donors (Lipinski definition) is 0. The van der Waals surface area contributed by atoms with Crippen molar-refractivity contribution in [2.75, 3.05) is 0 Å². The zero-order valence-electron chi connectivity index (χ0n) is 16.1. The fourth-order valence-electron chi connectivity index (χ4n) is 2.43. The second-order valence-corrected chi connectivity index (χ2v) is 8.63. The van der Waals surface area contributed by atoms with Gasteiger partial charge in [0.25, 0.3) is 11.1 Å². The first-order valence-electron chi connectivity index (χ1n) is 9.10. The first-order valence-corrected chi connectivity index (χ1v) is 11.3. The van der Waals surface area contributed by atoms with E-state index in [-0.39, 0.29) is 6.61 Å². The largest absolute Gasteiger partial charge is 0.486 e. The molecule has 0 unspecified atom stereocenters. The zero-order valence-corrected chi connectivity index (χ0v) is 18.5. The van der Waals surface area contributed by atoms with E-state index in [0.717, 1.165) is 16.5 Å². The summed E-state index contributed by atoms with van der Waals surface area (Å²) in [5, 5.41) is 12.1. The second-order valence-electron chi connectivity index (χ2n) is 6.33. The molecule has 2 aromatic carbocycles. The van der Waals surface area contributed by atoms with Crippen LogP contribution in [0, 0.1) is 6.92 Å². The second kappa shape index (κ2) is 9.97. The maximum absolute atomic E-state index is 5.86. The quantitative estimate of drug-likeness (QED) is 0.287. The smallest absolute Gasteiger partial charge is 0.277 e. The van der Waals surface area contributed by atoms with Crippen molar-refractivity contribution >= 4 is 34.7 Å². The van der Waals surface area contributed by atoms with Crippen LogP contribution in [0.15, 0.2) is 63.6 Å². The molecule has 154 valence electrons. The highest BCUT2D eigenvalue weighted by Gasteiger charge is 2.10. The zero-order chi connectivity index (χ0) is 20.8. The van der Waals surface area contributed by atoms with Gasteiger partial charge in [0.05, 0.1) is 5.69 Å². The van der Waals surface area contributed by atoms with Crippen molar-refractivity contribution in [3.63, 3.8) is 0 Å². The normalized spacial score (nSPS) is 10.9. The maximum atomic E-state index is 5.86. The van der Waals surface area contributed by atoms with Crippen molar-refractivity contribution in [3.8, 4) is 11.5 Å². The summed E-state index contributed by atoms with van der Waals surface area (Å²) in [5.74, 6) is 2.58. The highest BCUT2D eigenvalue weighted by atomic mass is 35.5. The molecule has 0 bridgehead atoms. The third-order valence-electron chi connectivity index (χ3n) is 3.95. The minimum absolute atomic E-state index is 0.201. The first kappa shape index (κ1) is 20.7. The summed E-state index contributed by atoms with van der Waals surface area (Å²) in [5.41, 5.74) is 2.15. The first-order chi connectivity index (χ1) is 14.6. The molecule has 0 atom stereocenters. The van der Waals surface area contributed by atoms with E-state index in [2.05, 4.69) is 15.2 Å². The molecule has 0 radical (unpaired) electrons. The molecule has 6 nitrogen and oxygen atoms in total. The fourth-order valence-corrected chi connectivity index (χ4v) is 4.04. The summed E-state index contributed by atoms with van der Waals surface area (Å²) in [4.78, 5) is 4.60. The Balaban J connectivity index is 1.23. The number of aromatic nitrogens is 3. The molecule has 9 heteroatoms. The summed E-state index contributed by atoms with van der Waals surface area (Å²) in [6.45, 7) is 2.70. The average Bonchev–Trinajstić information content (AvgIpc) is 3.41. The Bertz CT molecular complexity index is 994. The number of nitrogens with zero attached hydrogens (tertiary/aromatic N) is 3. The minimum atomic E-state index is 0.201. The van der Waals surface area contributed by atoms with Gasteiger partial charge < -0.3 is 13.9 Å². The van der Waals surface area contributed by atoms with E-state index < -0.39 is 0 Å². The SMILES string of the molecule is Cc1ccc(OCc2nc(CSc3nnc(COc4ccc(Cl)cc4)o3)cs2)cc1. The van der Waals surface area contributed by atoms with Gasteiger partial charge in [-0.05, 0) is 43.3 Å². The van der Waals surface area contributed by atoms with Crippen LogP contribution in [0.1, 0.15) is 22.2 Å². The molecule has 4 aromatic rings. The molecule has 0 N–H and O–H groups in total. The lowest BCUT2D eigenvalue weighted by Gasteiger charge is -2.03. The summed E-state index contributed by atoms with van der Waals surface area (Å²) in [6.07, 6.45) is 0. The molecule has 0 aliphatic heterocycles. The Labute approximate surface area is 187 Å². The number of aryl methyl sites for hydroxylation is 1. The van der Waals surface area contributed by atoms with Gasteiger partial charge >= 0.3 is 0 Å². The van der Waals surface area contributed by atoms with Gasteiger partial charge in [0.15, 0.2) is 6.61 Å². The van der Waals surface area contributed by atoms with Crippen molar-refractivity contribution in [2.45, 2.75) is 31.1 Å². The molecule has 30 heavy (non-hydrogen) atoms. The topological polar surface area (TPSA) is 70.3 Å². The number of thioether (sulfide) groups is 1. The highest BCUT2D eigenvalue weighted by Crippen LogP contribution is 2.24. The third-order valence-corrected chi connectivity index (χ3v) is 5.93. The van der Waals surface area contributed by atoms with Gasteiger partial charge in [-0.15, -0.1) is 21.5 Å². The van der Waals surface area contributed by atoms with Gasteiger partial charge in [-0.1, -0.05) is 41.1 Å². The number of ether oxygens (including phenoxy) is 2. The number of halogens is 1. The van der Waals surface area contributed by atoms with E-state index in [1.165, 1.54) is 17.3 Å². The van der Waals surface area contributed by atoms with E-state index in [0.29, 0.717) is 34.2 Å². The van der Waals surface area contributed by atoms with Gasteiger partial charge in [0, 0.05) is 16.2 Å². The molecule has 4 rings (SSSR count). The van der Waals surface area contributed by atoms with Crippen LogP contribution in [-0.4, -0.2) is 15.2 Å². The van der Waals surface area contributed by atoms with Crippen LogP contribution >= 0.6 is 34.7 Å². The lowest BCUT2D eigenvalue weighted by atomic mass is 10.2. The summed E-state index contributed by atoms with van der Waals surface area (Å²) < 4.78 is 17.0. The Morgan fingerprint density at radius 2 is 1.67 bits per heavy atom. The lowest BCUT2D eigenvalue weighted by molar-refractivity contribution is 0.252. The Morgan fingerprint density at radius 3 is 2.43 bits per heavy atom. The van der Waals surface area contributed by atoms with Crippen LogP contribution in [0.3, 0.4) is 0 Å². The molecule has 0 aliphatic carbocycles. The van der Waals surface area contributed by atoms with Crippen molar-refractivity contribution in [1.82, 2.24) is 15.2 Å². The lowest BCUT2D eigenvalue weighted by Crippen LogP contribution is -1.95. The number of benzene rings is 2. The number of rotatable bonds is 9. The minimum Gasteiger partial charge on any atom is -0.486 e. The van der Waals surface area contributed by atoms with Gasteiger partial charge in [-0.2, -0.15) is 0 Å². The van der Waals surface area contributed by atoms with Crippen LogP contribution in [0.4, 0.5) is 0 Å². The van der Waals surface area contributed by atoms with E-state index >= 15 is 0 Å². The van der Waals surface area contributed by atoms with E-state index in [1.807, 2.05) is 36.6 Å². The van der Waals surface area contributed by atoms with Crippen LogP contribution in [0.5, 0.6) is 11.5 Å². The standard InChI is InChI=1S/C21H18ClN3O3S2/c1-14-2-6-17(7-3-14)27-11-20-23-16(12-29-20)13-30-21-25-24-19(28-21)10-26-18-8-4-15(22)5-9-18/h2-9,12H,10-11,13H2,1H3. The van der Waals surface area contributed by atoms with Crippen molar-refractivity contribution < 1.29 is 13.9 Å². The molecule has 2 heterocycles. The molecule has 0 saturated carbocycles. The van der Waals surface area contributed by atoms with Crippen LogP contribution < -0.4 is 9.47 Å². The van der Waals surface area contributed by atoms with E-state index in [9.17, 15) is 0 Å². The Kier molecular flexibility index (Phi) is 6.88. The third kappa shape index (κ3) is 5.98. The van der Waals surface area contributed by atoms with Gasteiger partial charge in [-0.25, -0.2) is 4.98 Å². The molecule has 0 amide bonds. The molecule has 0 aliphatic rings. The molecule has 0 fully saturated rings. The van der Waals surface area contributed by atoms with E-state index in [1.54, 1.807) is 35.6 Å². The monoisotopic (exact) mass is 459 g/mol. The van der Waals surface area contributed by atoms with Gasteiger partial charge in [-0.3, -0.25) is 0 Å². The summed E-state index contributed by atoms with van der Waals surface area (Å²) >= 11 is 8.87. The Morgan fingerprint density at radius 1 is 0.967 bits per heavy atom. The van der Waals surface area contributed by atoms with Gasteiger partial charge in [0.1, 0.15) is 23.1 Å². The van der Waals surface area contributed by atoms with Crippen molar-refractivity contribution in [3.05, 3.63) is 81.1 Å². The summed E-state index contributed by atoms with van der Waals surface area (Å²) in [7, 11) is 0. The average molecular weight is 460 g/mol. The van der Waals surface area contributed by atoms with E-state index in [4.69, 9.17) is 25.5 Å². The molecule has 2 aromatic heterocycles. The predicted molar refractivity (Wildman–Crippen MR) is 117 cm³/mol. The molecular formula is C21H18ClN3O3S2. The molecule has 0 saturated heterocycles. The molecular weight excluding hydrogens is 442 g/mol. The number of thiazole rings is 1.